The van der Waals surface area contributed by atoms with Crippen LogP contribution in [0.1, 0.15) is 15.9 Å². The van der Waals surface area contributed by atoms with E-state index in [4.69, 9.17) is 23.2 Å². The number of benzene rings is 2. The van der Waals surface area contributed by atoms with E-state index in [9.17, 15) is 4.79 Å². The molecule has 0 aliphatic carbocycles. The summed E-state index contributed by atoms with van der Waals surface area (Å²) in [6.07, 6.45) is 1.51. The van der Waals surface area contributed by atoms with Crippen molar-refractivity contribution in [2.75, 3.05) is 5.32 Å². The number of halogens is 2. The van der Waals surface area contributed by atoms with Crippen LogP contribution in [-0.2, 0) is 0 Å². The first-order valence-corrected chi connectivity index (χ1v) is 7.40. The Balaban J connectivity index is 1.81. The fourth-order valence-corrected chi connectivity index (χ4v) is 2.40. The molecule has 8 heteroatoms. The summed E-state index contributed by atoms with van der Waals surface area (Å²) in [5.41, 5.74) is 2.85. The van der Waals surface area contributed by atoms with Crippen LogP contribution in [0.2, 0.25) is 10.0 Å². The van der Waals surface area contributed by atoms with E-state index in [1.165, 1.54) is 12.4 Å². The van der Waals surface area contributed by atoms with Crippen LogP contribution in [0.5, 0.6) is 0 Å². The number of aromatic nitrogens is 4. The van der Waals surface area contributed by atoms with Gasteiger partial charge in [-0.1, -0.05) is 23.2 Å². The summed E-state index contributed by atoms with van der Waals surface area (Å²) in [6, 6.07) is 10.2. The second-order valence-electron chi connectivity index (χ2n) is 4.84. The molecule has 0 saturated carbocycles. The van der Waals surface area contributed by atoms with Gasteiger partial charge in [0.05, 0.1) is 15.7 Å². The molecule has 0 aliphatic heterocycles. The Bertz CT molecular complexity index is 864. The van der Waals surface area contributed by atoms with Gasteiger partial charge >= 0.3 is 0 Å². The number of nitrogens with zero attached hydrogens (tertiary/aromatic N) is 4. The molecule has 0 unspecified atom stereocenters. The Morgan fingerprint density at radius 3 is 2.61 bits per heavy atom. The zero-order chi connectivity index (χ0) is 16.4. The van der Waals surface area contributed by atoms with Crippen LogP contribution in [0.3, 0.4) is 0 Å². The van der Waals surface area contributed by atoms with Crippen molar-refractivity contribution >= 4 is 34.8 Å². The fraction of sp³-hybridized carbons (Fsp3) is 0.0667. The monoisotopic (exact) mass is 347 g/mol. The molecule has 116 valence electrons. The molecule has 0 aliphatic rings. The highest BCUT2D eigenvalue weighted by atomic mass is 35.5. The third kappa shape index (κ3) is 3.33. The molecule has 0 spiro atoms. The molecule has 1 N–H and O–H groups in total. The molecule has 3 rings (SSSR count). The summed E-state index contributed by atoms with van der Waals surface area (Å²) in [7, 11) is 0. The molecule has 0 saturated heterocycles. The minimum absolute atomic E-state index is 0.266. The lowest BCUT2D eigenvalue weighted by molar-refractivity contribution is 0.102. The van der Waals surface area contributed by atoms with Gasteiger partial charge in [0.15, 0.2) is 0 Å². The van der Waals surface area contributed by atoms with Gasteiger partial charge in [-0.2, -0.15) is 0 Å². The summed E-state index contributed by atoms with van der Waals surface area (Å²) < 4.78 is 1.56. The summed E-state index contributed by atoms with van der Waals surface area (Å²) >= 11 is 11.8. The van der Waals surface area contributed by atoms with Crippen molar-refractivity contribution in [2.24, 2.45) is 0 Å². The minimum Gasteiger partial charge on any atom is -0.322 e. The van der Waals surface area contributed by atoms with Gasteiger partial charge in [0.25, 0.3) is 5.91 Å². The van der Waals surface area contributed by atoms with Gasteiger partial charge in [-0.15, -0.1) is 5.10 Å². The topological polar surface area (TPSA) is 72.7 Å². The average Bonchev–Trinajstić information content (AvgIpc) is 3.04. The predicted molar refractivity (Wildman–Crippen MR) is 88.3 cm³/mol. The van der Waals surface area contributed by atoms with E-state index < -0.39 is 0 Å². The third-order valence-corrected chi connectivity index (χ3v) is 3.97. The molecule has 3 aromatic rings. The zero-order valence-corrected chi connectivity index (χ0v) is 13.5. The number of rotatable bonds is 3. The summed E-state index contributed by atoms with van der Waals surface area (Å²) in [5.74, 6) is -0.266. The van der Waals surface area contributed by atoms with E-state index in [-0.39, 0.29) is 5.91 Å². The molecular weight excluding hydrogens is 337 g/mol. The van der Waals surface area contributed by atoms with Crippen LogP contribution in [0, 0.1) is 6.92 Å². The number of tetrazole rings is 1. The molecular formula is C15H11Cl2N5O. The first kappa shape index (κ1) is 15.5. The fourth-order valence-electron chi connectivity index (χ4n) is 2.10. The molecule has 2 aromatic carbocycles. The van der Waals surface area contributed by atoms with Crippen LogP contribution < -0.4 is 5.32 Å². The SMILES string of the molecule is Cc1cc(NC(=O)c2ccc(Cl)c(Cl)c2)ccc1-n1cnnn1. The Labute approximate surface area is 142 Å². The lowest BCUT2D eigenvalue weighted by Crippen LogP contribution is -2.12. The summed E-state index contributed by atoms with van der Waals surface area (Å²) in [6.45, 7) is 1.91. The van der Waals surface area contributed by atoms with E-state index in [0.29, 0.717) is 21.3 Å². The quantitative estimate of drug-likeness (QED) is 0.786. The summed E-state index contributed by atoms with van der Waals surface area (Å²) in [4.78, 5) is 12.3. The minimum atomic E-state index is -0.266. The highest BCUT2D eigenvalue weighted by Crippen LogP contribution is 2.23. The lowest BCUT2D eigenvalue weighted by atomic mass is 10.1. The van der Waals surface area contributed by atoms with Crippen molar-refractivity contribution < 1.29 is 4.79 Å². The predicted octanol–water partition coefficient (Wildman–Crippen LogP) is 3.53. The number of aryl methyl sites for hydroxylation is 1. The average molecular weight is 348 g/mol. The highest BCUT2D eigenvalue weighted by molar-refractivity contribution is 6.42. The maximum Gasteiger partial charge on any atom is 0.255 e. The van der Waals surface area contributed by atoms with E-state index in [1.54, 1.807) is 22.9 Å². The largest absolute Gasteiger partial charge is 0.322 e. The van der Waals surface area contributed by atoms with Crippen molar-refractivity contribution in [3.63, 3.8) is 0 Å². The Morgan fingerprint density at radius 2 is 1.96 bits per heavy atom. The van der Waals surface area contributed by atoms with Gasteiger partial charge in [-0.3, -0.25) is 4.79 Å². The number of carbonyl (C=O) groups excluding carboxylic acids is 1. The Kier molecular flexibility index (Phi) is 4.27. The van der Waals surface area contributed by atoms with Crippen molar-refractivity contribution in [3.8, 4) is 5.69 Å². The smallest absolute Gasteiger partial charge is 0.255 e. The number of hydrogen-bond acceptors (Lipinski definition) is 4. The van der Waals surface area contributed by atoms with Crippen molar-refractivity contribution in [2.45, 2.75) is 6.92 Å². The molecule has 0 radical (unpaired) electrons. The van der Waals surface area contributed by atoms with Gasteiger partial charge < -0.3 is 5.32 Å². The highest BCUT2D eigenvalue weighted by Gasteiger charge is 2.10. The number of hydrogen-bond donors (Lipinski definition) is 1. The van der Waals surface area contributed by atoms with Gasteiger partial charge in [0.2, 0.25) is 0 Å². The van der Waals surface area contributed by atoms with Gasteiger partial charge in [-0.05, 0) is 59.3 Å². The molecule has 1 aromatic heterocycles. The lowest BCUT2D eigenvalue weighted by Gasteiger charge is -2.09. The molecule has 0 fully saturated rings. The van der Waals surface area contributed by atoms with Crippen LogP contribution in [-0.4, -0.2) is 26.1 Å². The van der Waals surface area contributed by atoms with Crippen molar-refractivity contribution in [1.82, 2.24) is 20.2 Å². The van der Waals surface area contributed by atoms with E-state index >= 15 is 0 Å². The normalized spacial score (nSPS) is 10.6. The third-order valence-electron chi connectivity index (χ3n) is 3.23. The number of carbonyl (C=O) groups is 1. The van der Waals surface area contributed by atoms with E-state index in [1.807, 2.05) is 19.1 Å². The molecule has 1 amide bonds. The van der Waals surface area contributed by atoms with Gasteiger partial charge in [-0.25, -0.2) is 4.68 Å². The second kappa shape index (κ2) is 6.36. The first-order valence-electron chi connectivity index (χ1n) is 6.65. The second-order valence-corrected chi connectivity index (χ2v) is 5.65. The van der Waals surface area contributed by atoms with Crippen LogP contribution >= 0.6 is 23.2 Å². The molecule has 23 heavy (non-hydrogen) atoms. The van der Waals surface area contributed by atoms with E-state index in [2.05, 4.69) is 20.8 Å². The van der Waals surface area contributed by atoms with Crippen LogP contribution in [0.15, 0.2) is 42.7 Å². The first-order chi connectivity index (χ1) is 11.0. The molecule has 0 atom stereocenters. The molecule has 6 nitrogen and oxygen atoms in total. The number of nitrogens with one attached hydrogen (secondary N) is 1. The zero-order valence-electron chi connectivity index (χ0n) is 12.0. The Hall–Kier alpha value is -2.44. The van der Waals surface area contributed by atoms with Gasteiger partial charge in [0, 0.05) is 11.3 Å². The number of amides is 1. The van der Waals surface area contributed by atoms with Gasteiger partial charge in [0.1, 0.15) is 6.33 Å². The Morgan fingerprint density at radius 1 is 1.13 bits per heavy atom. The maximum absolute atomic E-state index is 12.3. The van der Waals surface area contributed by atoms with Crippen LogP contribution in [0.25, 0.3) is 5.69 Å². The molecule has 1 heterocycles. The van der Waals surface area contributed by atoms with Crippen molar-refractivity contribution in [1.29, 1.82) is 0 Å². The molecule has 0 bridgehead atoms. The standard InChI is InChI=1S/C15H11Cl2N5O/c1-9-6-11(3-5-14(9)22-8-18-20-21-22)19-15(23)10-2-4-12(16)13(17)7-10/h2-8H,1H3,(H,19,23). The van der Waals surface area contributed by atoms with Crippen molar-refractivity contribution in [3.05, 3.63) is 63.9 Å². The number of anilines is 1. The van der Waals surface area contributed by atoms with Crippen LogP contribution in [0.4, 0.5) is 5.69 Å². The van der Waals surface area contributed by atoms with E-state index in [0.717, 1.165) is 11.3 Å². The maximum atomic E-state index is 12.3. The summed E-state index contributed by atoms with van der Waals surface area (Å²) in [5, 5.41) is 14.6.